The first kappa shape index (κ1) is 24.2. The van der Waals surface area contributed by atoms with Gasteiger partial charge in [-0.25, -0.2) is 4.98 Å². The molecule has 0 bridgehead atoms. The summed E-state index contributed by atoms with van der Waals surface area (Å²) in [5, 5.41) is 5.91. The predicted molar refractivity (Wildman–Crippen MR) is 149 cm³/mol. The topological polar surface area (TPSA) is 64.6 Å². The molecule has 3 aliphatic heterocycles. The number of anilines is 2. The van der Waals surface area contributed by atoms with Crippen molar-refractivity contribution in [2.75, 3.05) is 49.5 Å². The molecule has 37 heavy (non-hydrogen) atoms. The van der Waals surface area contributed by atoms with Gasteiger partial charge >= 0.3 is 0 Å². The molecule has 0 spiro atoms. The average Bonchev–Trinajstić information content (AvgIpc) is 3.24. The first-order valence-corrected chi connectivity index (χ1v) is 14.1. The van der Waals surface area contributed by atoms with E-state index in [4.69, 9.17) is 4.98 Å². The van der Waals surface area contributed by atoms with Gasteiger partial charge in [-0.05, 0) is 61.1 Å². The van der Waals surface area contributed by atoms with E-state index in [-0.39, 0.29) is 5.91 Å². The molecule has 6 rings (SSSR count). The predicted octanol–water partition coefficient (Wildman–Crippen LogP) is 4.80. The molecule has 1 aromatic heterocycles. The van der Waals surface area contributed by atoms with Crippen molar-refractivity contribution in [3.05, 3.63) is 60.3 Å². The van der Waals surface area contributed by atoms with Gasteiger partial charge < -0.3 is 15.1 Å². The molecule has 3 aromatic rings. The van der Waals surface area contributed by atoms with Gasteiger partial charge in [0.05, 0.1) is 0 Å². The lowest BCUT2D eigenvalue weighted by atomic mass is 10.0. The number of hydrogen-bond donors (Lipinski definition) is 1. The number of carbonyl (C=O) groups excluding carboxylic acids is 1. The molecule has 3 saturated heterocycles. The van der Waals surface area contributed by atoms with Crippen LogP contribution in [0.15, 0.2) is 54.7 Å². The van der Waals surface area contributed by atoms with Crippen LogP contribution in [-0.2, 0) is 0 Å². The Morgan fingerprint density at radius 3 is 2.54 bits per heavy atom. The lowest BCUT2D eigenvalue weighted by Gasteiger charge is -2.37. The summed E-state index contributed by atoms with van der Waals surface area (Å²) < 4.78 is 0. The van der Waals surface area contributed by atoms with Gasteiger partial charge in [0.15, 0.2) is 0 Å². The van der Waals surface area contributed by atoms with Gasteiger partial charge in [-0.2, -0.15) is 4.98 Å². The number of fused-ring (bicyclic) bond motifs is 1. The minimum atomic E-state index is 0.156. The number of nitrogens with zero attached hydrogens (tertiary/aromatic N) is 5. The Kier molecular flexibility index (Phi) is 7.22. The van der Waals surface area contributed by atoms with E-state index in [0.29, 0.717) is 12.1 Å². The van der Waals surface area contributed by atoms with E-state index >= 15 is 0 Å². The number of carbonyl (C=O) groups is 1. The van der Waals surface area contributed by atoms with E-state index in [0.717, 1.165) is 81.2 Å². The molecular formula is C30H38N6O. The van der Waals surface area contributed by atoms with Crippen molar-refractivity contribution in [3.8, 4) is 0 Å². The average molecular weight is 499 g/mol. The highest BCUT2D eigenvalue weighted by Gasteiger charge is 2.33. The van der Waals surface area contributed by atoms with Crippen LogP contribution in [0.4, 0.5) is 11.8 Å². The molecule has 3 fully saturated rings. The molecule has 7 nitrogen and oxygen atoms in total. The summed E-state index contributed by atoms with van der Waals surface area (Å²) >= 11 is 0. The largest absolute Gasteiger partial charge is 0.356 e. The number of piperidine rings is 1. The first-order valence-electron chi connectivity index (χ1n) is 14.1. The molecule has 1 amide bonds. The van der Waals surface area contributed by atoms with E-state index in [1.807, 2.05) is 36.5 Å². The first-order chi connectivity index (χ1) is 18.2. The Balaban J connectivity index is 1.06. The fourth-order valence-corrected chi connectivity index (χ4v) is 6.26. The Bertz CT molecular complexity index is 1220. The van der Waals surface area contributed by atoms with Gasteiger partial charge in [0.1, 0.15) is 5.82 Å². The molecule has 7 heteroatoms. The zero-order valence-corrected chi connectivity index (χ0v) is 21.7. The SMILES string of the molecule is O=C(c1ccc2ccccc2c1)N1CCCC(N2CCC(Nc3nccc(N4CCCCCC4)n3)C2)C1. The van der Waals surface area contributed by atoms with Crippen LogP contribution in [0.5, 0.6) is 0 Å². The summed E-state index contributed by atoms with van der Waals surface area (Å²) in [5.41, 5.74) is 0.793. The van der Waals surface area contributed by atoms with Crippen molar-refractivity contribution >= 4 is 28.4 Å². The number of hydrogen-bond acceptors (Lipinski definition) is 6. The third-order valence-electron chi connectivity index (χ3n) is 8.32. The maximum Gasteiger partial charge on any atom is 0.253 e. The van der Waals surface area contributed by atoms with Crippen LogP contribution in [0.25, 0.3) is 10.8 Å². The number of rotatable bonds is 5. The Morgan fingerprint density at radius 1 is 0.838 bits per heavy atom. The quantitative estimate of drug-likeness (QED) is 0.545. The molecule has 2 aromatic carbocycles. The van der Waals surface area contributed by atoms with Crippen LogP contribution >= 0.6 is 0 Å². The van der Waals surface area contributed by atoms with Crippen molar-refractivity contribution in [2.24, 2.45) is 0 Å². The molecule has 3 aliphatic rings. The van der Waals surface area contributed by atoms with E-state index in [1.54, 1.807) is 0 Å². The summed E-state index contributed by atoms with van der Waals surface area (Å²) in [7, 11) is 0. The molecule has 4 heterocycles. The minimum absolute atomic E-state index is 0.156. The molecule has 0 aliphatic carbocycles. The van der Waals surface area contributed by atoms with Crippen molar-refractivity contribution in [2.45, 2.75) is 57.0 Å². The van der Waals surface area contributed by atoms with Crippen molar-refractivity contribution in [1.82, 2.24) is 19.8 Å². The highest BCUT2D eigenvalue weighted by Crippen LogP contribution is 2.25. The van der Waals surface area contributed by atoms with E-state index in [9.17, 15) is 4.79 Å². The summed E-state index contributed by atoms with van der Waals surface area (Å²) in [6, 6.07) is 17.1. The highest BCUT2D eigenvalue weighted by molar-refractivity contribution is 5.98. The fraction of sp³-hybridized carbons (Fsp3) is 0.500. The van der Waals surface area contributed by atoms with Gasteiger partial charge in [-0.15, -0.1) is 0 Å². The van der Waals surface area contributed by atoms with Gasteiger partial charge in [0, 0.05) is 63.1 Å². The number of aromatic nitrogens is 2. The van der Waals surface area contributed by atoms with Crippen LogP contribution in [0.3, 0.4) is 0 Å². The standard InChI is InChI=1S/C30H38N6O/c37-29(25-12-11-23-8-3-4-9-24(23)20-25)36-18-7-10-27(22-36)35-19-14-26(21-35)32-30-31-15-13-28(33-30)34-16-5-1-2-6-17-34/h3-4,8-9,11-13,15,20,26-27H,1-2,5-7,10,14,16-19,21-22H2,(H,31,32,33). The Labute approximate surface area is 219 Å². The van der Waals surface area contributed by atoms with Gasteiger partial charge in [0.25, 0.3) is 5.91 Å². The summed E-state index contributed by atoms with van der Waals surface area (Å²) in [6.07, 6.45) is 10.3. The monoisotopic (exact) mass is 498 g/mol. The molecule has 194 valence electrons. The summed E-state index contributed by atoms with van der Waals surface area (Å²) in [5.74, 6) is 1.94. The van der Waals surface area contributed by atoms with E-state index in [2.05, 4.69) is 43.2 Å². The van der Waals surface area contributed by atoms with Crippen molar-refractivity contribution in [1.29, 1.82) is 0 Å². The van der Waals surface area contributed by atoms with Crippen LogP contribution in [0.1, 0.15) is 55.3 Å². The minimum Gasteiger partial charge on any atom is -0.356 e. The number of amides is 1. The van der Waals surface area contributed by atoms with Crippen molar-refractivity contribution in [3.63, 3.8) is 0 Å². The lowest BCUT2D eigenvalue weighted by molar-refractivity contribution is 0.0607. The second-order valence-corrected chi connectivity index (χ2v) is 10.9. The molecule has 0 radical (unpaired) electrons. The molecule has 2 unspecified atom stereocenters. The number of nitrogens with one attached hydrogen (secondary N) is 1. The normalized spacial score (nSPS) is 23.2. The third kappa shape index (κ3) is 5.57. The van der Waals surface area contributed by atoms with Crippen LogP contribution < -0.4 is 10.2 Å². The van der Waals surface area contributed by atoms with E-state index in [1.165, 1.54) is 31.1 Å². The smallest absolute Gasteiger partial charge is 0.253 e. The van der Waals surface area contributed by atoms with Crippen LogP contribution in [-0.4, -0.2) is 77.0 Å². The zero-order chi connectivity index (χ0) is 25.0. The van der Waals surface area contributed by atoms with Gasteiger partial charge in [-0.3, -0.25) is 9.69 Å². The summed E-state index contributed by atoms with van der Waals surface area (Å²) in [6.45, 7) is 5.84. The molecule has 1 N–H and O–H groups in total. The lowest BCUT2D eigenvalue weighted by Crippen LogP contribution is -2.49. The second kappa shape index (κ2) is 11.1. The maximum absolute atomic E-state index is 13.4. The van der Waals surface area contributed by atoms with Crippen molar-refractivity contribution < 1.29 is 4.79 Å². The maximum atomic E-state index is 13.4. The van der Waals surface area contributed by atoms with Gasteiger partial charge in [-0.1, -0.05) is 43.2 Å². The molecule has 2 atom stereocenters. The number of likely N-dealkylation sites (tertiary alicyclic amines) is 2. The van der Waals surface area contributed by atoms with Crippen LogP contribution in [0, 0.1) is 0 Å². The zero-order valence-electron chi connectivity index (χ0n) is 21.7. The number of benzene rings is 2. The second-order valence-electron chi connectivity index (χ2n) is 10.9. The third-order valence-corrected chi connectivity index (χ3v) is 8.32. The molecular weight excluding hydrogens is 460 g/mol. The fourth-order valence-electron chi connectivity index (χ4n) is 6.26. The molecule has 0 saturated carbocycles. The van der Waals surface area contributed by atoms with E-state index < -0.39 is 0 Å². The summed E-state index contributed by atoms with van der Waals surface area (Å²) in [4.78, 5) is 29.8. The highest BCUT2D eigenvalue weighted by atomic mass is 16.2. The van der Waals surface area contributed by atoms with Gasteiger partial charge in [0.2, 0.25) is 5.95 Å². The van der Waals surface area contributed by atoms with Crippen LogP contribution in [0.2, 0.25) is 0 Å². The Hall–Kier alpha value is -3.19. The Morgan fingerprint density at radius 2 is 1.68 bits per heavy atom.